The summed E-state index contributed by atoms with van der Waals surface area (Å²) < 4.78 is 6.93. The molecule has 0 bridgehead atoms. The normalized spacial score (nSPS) is 12.0. The van der Waals surface area contributed by atoms with Gasteiger partial charge in [0.15, 0.2) is 0 Å². The minimum absolute atomic E-state index is 0.0773. The molecule has 0 aromatic carbocycles. The molecule has 0 radical (unpaired) electrons. The van der Waals surface area contributed by atoms with E-state index in [-0.39, 0.29) is 5.41 Å². The van der Waals surface area contributed by atoms with Crippen molar-refractivity contribution >= 4 is 0 Å². The number of furan rings is 1. The lowest BCUT2D eigenvalue weighted by Gasteiger charge is -2.17. The molecule has 2 aromatic rings. The van der Waals surface area contributed by atoms with Crippen LogP contribution >= 0.6 is 0 Å². The molecule has 0 aliphatic rings. The Balaban J connectivity index is 2.01. The Morgan fingerprint density at radius 3 is 2.72 bits per heavy atom. The fraction of sp³-hybridized carbons (Fsp3) is 0.500. The second-order valence-electron chi connectivity index (χ2n) is 5.66. The van der Waals surface area contributed by atoms with Crippen LogP contribution in [-0.4, -0.2) is 9.78 Å². The molecule has 0 saturated heterocycles. The molecule has 4 nitrogen and oxygen atoms in total. The first-order chi connectivity index (χ1) is 8.47. The van der Waals surface area contributed by atoms with Crippen LogP contribution in [-0.2, 0) is 25.6 Å². The van der Waals surface area contributed by atoms with Gasteiger partial charge in [0.25, 0.3) is 0 Å². The molecule has 0 spiro atoms. The Morgan fingerprint density at radius 1 is 1.33 bits per heavy atom. The van der Waals surface area contributed by atoms with E-state index >= 15 is 0 Å². The van der Waals surface area contributed by atoms with Crippen molar-refractivity contribution in [2.24, 2.45) is 7.05 Å². The van der Waals surface area contributed by atoms with Crippen molar-refractivity contribution in [3.8, 4) is 0 Å². The quantitative estimate of drug-likeness (QED) is 0.903. The SMILES string of the molecule is Cn1cc(CNCc2ccoc2)c(C(C)(C)C)n1. The molecule has 0 atom stereocenters. The van der Waals surface area contributed by atoms with Crippen LogP contribution in [0.4, 0.5) is 0 Å². The van der Waals surface area contributed by atoms with Gasteiger partial charge in [0.05, 0.1) is 18.2 Å². The largest absolute Gasteiger partial charge is 0.472 e. The Hall–Kier alpha value is -1.55. The first-order valence-corrected chi connectivity index (χ1v) is 6.21. The van der Waals surface area contributed by atoms with Gasteiger partial charge in [-0.05, 0) is 6.07 Å². The van der Waals surface area contributed by atoms with Gasteiger partial charge in [0.2, 0.25) is 0 Å². The third-order valence-corrected chi connectivity index (χ3v) is 2.84. The third kappa shape index (κ3) is 3.01. The summed E-state index contributed by atoms with van der Waals surface area (Å²) in [5.41, 5.74) is 3.66. The fourth-order valence-electron chi connectivity index (χ4n) is 2.03. The molecular formula is C14H21N3O. The van der Waals surface area contributed by atoms with Gasteiger partial charge in [-0.3, -0.25) is 4.68 Å². The molecule has 0 unspecified atom stereocenters. The zero-order valence-corrected chi connectivity index (χ0v) is 11.5. The Morgan fingerprint density at radius 2 is 2.11 bits per heavy atom. The van der Waals surface area contributed by atoms with Gasteiger partial charge >= 0.3 is 0 Å². The van der Waals surface area contributed by atoms with Crippen LogP contribution in [0.25, 0.3) is 0 Å². The average Bonchev–Trinajstić information content (AvgIpc) is 2.87. The smallest absolute Gasteiger partial charge is 0.0947 e. The first-order valence-electron chi connectivity index (χ1n) is 6.21. The lowest BCUT2D eigenvalue weighted by Crippen LogP contribution is -2.18. The maximum Gasteiger partial charge on any atom is 0.0947 e. The summed E-state index contributed by atoms with van der Waals surface area (Å²) >= 11 is 0. The molecule has 0 fully saturated rings. The van der Waals surface area contributed by atoms with E-state index in [4.69, 9.17) is 4.42 Å². The number of rotatable bonds is 4. The van der Waals surface area contributed by atoms with E-state index in [2.05, 4.69) is 37.4 Å². The molecule has 2 aromatic heterocycles. The van der Waals surface area contributed by atoms with E-state index in [0.29, 0.717) is 0 Å². The summed E-state index contributed by atoms with van der Waals surface area (Å²) in [4.78, 5) is 0. The Bertz CT molecular complexity index is 492. The van der Waals surface area contributed by atoms with Crippen molar-refractivity contribution < 1.29 is 4.42 Å². The lowest BCUT2D eigenvalue weighted by atomic mass is 9.89. The molecular weight excluding hydrogens is 226 g/mol. The molecule has 4 heteroatoms. The molecule has 1 N–H and O–H groups in total. The van der Waals surface area contributed by atoms with Gasteiger partial charge in [-0.25, -0.2) is 0 Å². The second-order valence-corrected chi connectivity index (χ2v) is 5.66. The third-order valence-electron chi connectivity index (χ3n) is 2.84. The van der Waals surface area contributed by atoms with Crippen LogP contribution < -0.4 is 5.32 Å². The van der Waals surface area contributed by atoms with Crippen molar-refractivity contribution in [1.82, 2.24) is 15.1 Å². The highest BCUT2D eigenvalue weighted by Crippen LogP contribution is 2.23. The monoisotopic (exact) mass is 247 g/mol. The van der Waals surface area contributed by atoms with Crippen molar-refractivity contribution in [3.63, 3.8) is 0 Å². The van der Waals surface area contributed by atoms with E-state index in [9.17, 15) is 0 Å². The van der Waals surface area contributed by atoms with Gasteiger partial charge in [-0.2, -0.15) is 5.10 Å². The number of aromatic nitrogens is 2. The zero-order chi connectivity index (χ0) is 13.2. The zero-order valence-electron chi connectivity index (χ0n) is 11.5. The van der Waals surface area contributed by atoms with Crippen molar-refractivity contribution in [2.45, 2.75) is 39.3 Å². The predicted octanol–water partition coefficient (Wildman–Crippen LogP) is 2.60. The standard InChI is InChI=1S/C14H21N3O/c1-14(2,3)13-12(9-17(4)16-13)8-15-7-11-5-6-18-10-11/h5-6,9-10,15H,7-8H2,1-4H3. The van der Waals surface area contributed by atoms with Crippen LogP contribution in [0.3, 0.4) is 0 Å². The van der Waals surface area contributed by atoms with E-state index < -0.39 is 0 Å². The molecule has 0 saturated carbocycles. The van der Waals surface area contributed by atoms with Crippen molar-refractivity contribution in [1.29, 1.82) is 0 Å². The number of hydrogen-bond acceptors (Lipinski definition) is 3. The molecule has 2 heterocycles. The minimum Gasteiger partial charge on any atom is -0.472 e. The number of nitrogens with one attached hydrogen (secondary N) is 1. The Labute approximate surface area is 108 Å². The highest BCUT2D eigenvalue weighted by molar-refractivity contribution is 5.24. The lowest BCUT2D eigenvalue weighted by molar-refractivity contribution is 0.542. The first kappa shape index (κ1) is 12.9. The van der Waals surface area contributed by atoms with E-state index in [1.807, 2.05) is 17.8 Å². The molecule has 18 heavy (non-hydrogen) atoms. The predicted molar refractivity (Wildman–Crippen MR) is 71.2 cm³/mol. The van der Waals surface area contributed by atoms with Crippen molar-refractivity contribution in [3.05, 3.63) is 41.6 Å². The summed E-state index contributed by atoms with van der Waals surface area (Å²) in [6.07, 6.45) is 5.55. The van der Waals surface area contributed by atoms with Crippen LogP contribution in [0.15, 0.2) is 29.2 Å². The fourth-order valence-corrected chi connectivity index (χ4v) is 2.03. The van der Waals surface area contributed by atoms with Gasteiger partial charge in [0.1, 0.15) is 0 Å². The van der Waals surface area contributed by atoms with E-state index in [1.165, 1.54) is 5.56 Å². The van der Waals surface area contributed by atoms with Crippen LogP contribution in [0.2, 0.25) is 0 Å². The van der Waals surface area contributed by atoms with Gasteiger partial charge < -0.3 is 9.73 Å². The molecule has 0 amide bonds. The second kappa shape index (κ2) is 4.98. The minimum atomic E-state index is 0.0773. The molecule has 0 aliphatic heterocycles. The van der Waals surface area contributed by atoms with Crippen LogP contribution in [0.5, 0.6) is 0 Å². The number of nitrogens with zero attached hydrogens (tertiary/aromatic N) is 2. The maximum atomic E-state index is 5.04. The summed E-state index contributed by atoms with van der Waals surface area (Å²) in [5, 5.41) is 7.97. The van der Waals surface area contributed by atoms with E-state index in [1.54, 1.807) is 12.5 Å². The summed E-state index contributed by atoms with van der Waals surface area (Å²) in [5.74, 6) is 0. The molecule has 2 rings (SSSR count). The van der Waals surface area contributed by atoms with Gasteiger partial charge in [-0.15, -0.1) is 0 Å². The van der Waals surface area contributed by atoms with Gasteiger partial charge in [0, 0.05) is 42.9 Å². The summed E-state index contributed by atoms with van der Waals surface area (Å²) in [6.45, 7) is 8.21. The van der Waals surface area contributed by atoms with Crippen molar-refractivity contribution in [2.75, 3.05) is 0 Å². The van der Waals surface area contributed by atoms with Gasteiger partial charge in [-0.1, -0.05) is 20.8 Å². The highest BCUT2D eigenvalue weighted by atomic mass is 16.3. The topological polar surface area (TPSA) is 43.0 Å². The van der Waals surface area contributed by atoms with Crippen LogP contribution in [0, 0.1) is 0 Å². The summed E-state index contributed by atoms with van der Waals surface area (Å²) in [6, 6.07) is 1.97. The maximum absolute atomic E-state index is 5.04. The highest BCUT2D eigenvalue weighted by Gasteiger charge is 2.21. The Kier molecular flexibility index (Phi) is 3.57. The average molecular weight is 247 g/mol. The van der Waals surface area contributed by atoms with E-state index in [0.717, 1.165) is 24.3 Å². The number of aryl methyl sites for hydroxylation is 1. The molecule has 98 valence electrons. The number of hydrogen-bond donors (Lipinski definition) is 1. The molecule has 0 aliphatic carbocycles. The summed E-state index contributed by atoms with van der Waals surface area (Å²) in [7, 11) is 1.97. The van der Waals surface area contributed by atoms with Crippen LogP contribution in [0.1, 0.15) is 37.6 Å².